The third-order valence-electron chi connectivity index (χ3n) is 2.45. The Labute approximate surface area is 107 Å². The first-order chi connectivity index (χ1) is 6.72. The monoisotopic (exact) mass is 329 g/mol. The van der Waals surface area contributed by atoms with E-state index < -0.39 is 0 Å². The van der Waals surface area contributed by atoms with Crippen LogP contribution >= 0.6 is 32.9 Å². The van der Waals surface area contributed by atoms with Gasteiger partial charge in [0.1, 0.15) is 0 Å². The molecule has 15 heavy (non-hydrogen) atoms. The Balaban J connectivity index is 0.00000112. The van der Waals surface area contributed by atoms with Crippen molar-refractivity contribution in [2.75, 3.05) is 0 Å². The van der Waals surface area contributed by atoms with Gasteiger partial charge in [-0.05, 0) is 36.6 Å². The zero-order valence-corrected chi connectivity index (χ0v) is 11.2. The summed E-state index contributed by atoms with van der Waals surface area (Å²) in [5.41, 5.74) is 2.39. The molecule has 0 aromatic heterocycles. The Bertz CT molecular complexity index is 437. The predicted molar refractivity (Wildman–Crippen MR) is 66.8 cm³/mol. The van der Waals surface area contributed by atoms with Gasteiger partial charge in [0.25, 0.3) is 0 Å². The van der Waals surface area contributed by atoms with E-state index in [-0.39, 0.29) is 27.6 Å². The highest BCUT2D eigenvalue weighted by Gasteiger charge is 2.24. The summed E-state index contributed by atoms with van der Waals surface area (Å²) in [5.74, 6) is 0.135. The van der Waals surface area contributed by atoms with E-state index in [1.165, 1.54) is 0 Å². The number of Topliss-reactive ketones (excluding diaryl/α,β-unsaturated/α-hetero) is 1. The minimum Gasteiger partial charge on any atom is -0.293 e. The summed E-state index contributed by atoms with van der Waals surface area (Å²) in [6, 6.07) is 7.34. The molecular weight excluding hydrogens is 322 g/mol. The molecule has 78 valence electrons. The van der Waals surface area contributed by atoms with Crippen molar-refractivity contribution in [2.24, 2.45) is 0 Å². The standard InChI is InChI=1S/C11H8BrNO.BrH/c12-10-4-2-8-5-7(6-13)1-3-9(8)11(10)14;/h1,3,5,10H,2,4H2;1H. The molecule has 0 heterocycles. The maximum atomic E-state index is 11.7. The third-order valence-corrected chi connectivity index (χ3v) is 3.33. The number of halogens is 2. The SMILES string of the molecule is Br.N#Cc1ccc2c(c1)CCC(Br)C2=O. The molecule has 0 fully saturated rings. The van der Waals surface area contributed by atoms with Crippen molar-refractivity contribution in [3.8, 4) is 6.07 Å². The third kappa shape index (κ3) is 2.30. The first-order valence-electron chi connectivity index (χ1n) is 4.43. The van der Waals surface area contributed by atoms with Crippen LogP contribution in [-0.2, 0) is 6.42 Å². The van der Waals surface area contributed by atoms with E-state index in [9.17, 15) is 4.79 Å². The minimum atomic E-state index is -0.0528. The van der Waals surface area contributed by atoms with Gasteiger partial charge in [0.15, 0.2) is 5.78 Å². The van der Waals surface area contributed by atoms with Gasteiger partial charge < -0.3 is 0 Å². The highest BCUT2D eigenvalue weighted by atomic mass is 79.9. The second-order valence-corrected chi connectivity index (χ2v) is 4.46. The van der Waals surface area contributed by atoms with Crippen molar-refractivity contribution in [1.29, 1.82) is 5.26 Å². The molecule has 4 heteroatoms. The molecule has 2 rings (SSSR count). The van der Waals surface area contributed by atoms with Gasteiger partial charge in [0.05, 0.1) is 16.5 Å². The molecule has 1 unspecified atom stereocenters. The normalized spacial score (nSPS) is 18.7. The molecule has 0 N–H and O–H groups in total. The lowest BCUT2D eigenvalue weighted by atomic mass is 9.89. The van der Waals surface area contributed by atoms with Crippen LogP contribution in [0, 0.1) is 11.3 Å². The predicted octanol–water partition coefficient (Wildman–Crippen LogP) is 3.03. The van der Waals surface area contributed by atoms with Crippen molar-refractivity contribution in [3.63, 3.8) is 0 Å². The molecule has 1 aromatic carbocycles. The van der Waals surface area contributed by atoms with E-state index in [1.807, 2.05) is 6.07 Å². The average molecular weight is 331 g/mol. The van der Waals surface area contributed by atoms with Gasteiger partial charge in [0.2, 0.25) is 0 Å². The fourth-order valence-electron chi connectivity index (χ4n) is 1.69. The van der Waals surface area contributed by atoms with Crippen LogP contribution in [0.1, 0.15) is 27.9 Å². The molecule has 1 atom stereocenters. The number of nitriles is 1. The van der Waals surface area contributed by atoms with Crippen LogP contribution < -0.4 is 0 Å². The van der Waals surface area contributed by atoms with E-state index in [4.69, 9.17) is 5.26 Å². The van der Waals surface area contributed by atoms with Crippen LogP contribution in [0.3, 0.4) is 0 Å². The number of hydrogen-bond acceptors (Lipinski definition) is 2. The van der Waals surface area contributed by atoms with Gasteiger partial charge in [0, 0.05) is 5.56 Å². The second kappa shape index (κ2) is 4.91. The lowest BCUT2D eigenvalue weighted by Gasteiger charge is -2.18. The quantitative estimate of drug-likeness (QED) is 0.686. The summed E-state index contributed by atoms with van der Waals surface area (Å²) in [6.45, 7) is 0. The van der Waals surface area contributed by atoms with Crippen molar-refractivity contribution in [2.45, 2.75) is 17.7 Å². The Hall–Kier alpha value is -0.660. The first kappa shape index (κ1) is 12.4. The lowest BCUT2D eigenvalue weighted by Crippen LogP contribution is -2.22. The molecule has 1 aliphatic rings. The summed E-state index contributed by atoms with van der Waals surface area (Å²) in [6.07, 6.45) is 1.69. The van der Waals surface area contributed by atoms with Crippen molar-refractivity contribution < 1.29 is 4.79 Å². The Kier molecular flexibility index (Phi) is 4.06. The molecule has 0 radical (unpaired) electrons. The van der Waals surface area contributed by atoms with Gasteiger partial charge in [-0.15, -0.1) is 17.0 Å². The molecule has 0 amide bonds. The summed E-state index contributed by atoms with van der Waals surface area (Å²) < 4.78 is 0. The zero-order valence-electron chi connectivity index (χ0n) is 7.87. The van der Waals surface area contributed by atoms with Crippen molar-refractivity contribution in [1.82, 2.24) is 0 Å². The largest absolute Gasteiger partial charge is 0.293 e. The molecule has 0 bridgehead atoms. The Morgan fingerprint density at radius 2 is 2.20 bits per heavy atom. The van der Waals surface area contributed by atoms with Gasteiger partial charge >= 0.3 is 0 Å². The van der Waals surface area contributed by atoms with Crippen molar-refractivity contribution >= 4 is 38.7 Å². The second-order valence-electron chi connectivity index (χ2n) is 3.35. The van der Waals surface area contributed by atoms with Crippen molar-refractivity contribution in [3.05, 3.63) is 34.9 Å². The molecule has 1 aromatic rings. The van der Waals surface area contributed by atoms with Crippen LogP contribution in [0.4, 0.5) is 0 Å². The number of rotatable bonds is 0. The van der Waals surface area contributed by atoms with Gasteiger partial charge in [-0.25, -0.2) is 0 Å². The Morgan fingerprint density at radius 1 is 1.47 bits per heavy atom. The van der Waals surface area contributed by atoms with Crippen LogP contribution in [-0.4, -0.2) is 10.6 Å². The zero-order chi connectivity index (χ0) is 10.1. The van der Waals surface area contributed by atoms with Crippen LogP contribution in [0.2, 0.25) is 0 Å². The highest BCUT2D eigenvalue weighted by molar-refractivity contribution is 9.10. The number of benzene rings is 1. The molecule has 0 saturated heterocycles. The maximum absolute atomic E-state index is 11.7. The van der Waals surface area contributed by atoms with E-state index >= 15 is 0 Å². The number of hydrogen-bond donors (Lipinski definition) is 0. The minimum absolute atomic E-state index is 0. The van der Waals surface area contributed by atoms with Gasteiger partial charge in [-0.2, -0.15) is 5.26 Å². The number of fused-ring (bicyclic) bond motifs is 1. The molecule has 0 spiro atoms. The van der Waals surface area contributed by atoms with Crippen LogP contribution in [0.5, 0.6) is 0 Å². The number of aryl methyl sites for hydroxylation is 1. The lowest BCUT2D eigenvalue weighted by molar-refractivity contribution is 0.0981. The molecule has 1 aliphatic carbocycles. The summed E-state index contributed by atoms with van der Waals surface area (Å²) in [7, 11) is 0. The molecule has 0 saturated carbocycles. The van der Waals surface area contributed by atoms with Gasteiger partial charge in [-0.1, -0.05) is 15.9 Å². The number of carbonyl (C=O) groups is 1. The average Bonchev–Trinajstić information content (AvgIpc) is 2.23. The smallest absolute Gasteiger partial charge is 0.176 e. The Morgan fingerprint density at radius 3 is 2.87 bits per heavy atom. The topological polar surface area (TPSA) is 40.9 Å². The van der Waals surface area contributed by atoms with Crippen LogP contribution in [0.15, 0.2) is 18.2 Å². The number of nitrogens with zero attached hydrogens (tertiary/aromatic N) is 1. The summed E-state index contributed by atoms with van der Waals surface area (Å²) in [4.78, 5) is 11.6. The molecule has 2 nitrogen and oxygen atoms in total. The van der Waals surface area contributed by atoms with E-state index in [0.717, 1.165) is 24.0 Å². The van der Waals surface area contributed by atoms with E-state index in [1.54, 1.807) is 12.1 Å². The summed E-state index contributed by atoms with van der Waals surface area (Å²) in [5, 5.41) is 8.71. The number of carbonyl (C=O) groups excluding carboxylic acids is 1. The first-order valence-corrected chi connectivity index (χ1v) is 5.35. The van der Waals surface area contributed by atoms with Crippen LogP contribution in [0.25, 0.3) is 0 Å². The number of ketones is 1. The maximum Gasteiger partial charge on any atom is 0.176 e. The fourth-order valence-corrected chi connectivity index (χ4v) is 2.17. The van der Waals surface area contributed by atoms with Gasteiger partial charge in [-0.3, -0.25) is 4.79 Å². The summed E-state index contributed by atoms with van der Waals surface area (Å²) >= 11 is 3.34. The number of alkyl halides is 1. The van der Waals surface area contributed by atoms with E-state index in [0.29, 0.717) is 5.56 Å². The molecule has 0 aliphatic heterocycles. The van der Waals surface area contributed by atoms with E-state index in [2.05, 4.69) is 22.0 Å². The molecular formula is C11H9Br2NO. The highest BCUT2D eigenvalue weighted by Crippen LogP contribution is 2.26. The fraction of sp³-hybridized carbons (Fsp3) is 0.273.